The Morgan fingerprint density at radius 3 is 2.79 bits per heavy atom. The smallest absolute Gasteiger partial charge is 0.239 e. The first-order valence-corrected chi connectivity index (χ1v) is 7.33. The molecule has 5 heteroatoms. The molecule has 0 radical (unpaired) electrons. The Labute approximate surface area is 123 Å². The lowest BCUT2D eigenvalue weighted by Crippen LogP contribution is -2.43. The molecule has 2 rings (SSSR count). The number of likely N-dealkylation sites (N-methyl/N-ethyl adjacent to an activating group) is 1. The molecule has 1 fully saturated rings. The van der Waals surface area contributed by atoms with E-state index in [4.69, 9.17) is 23.2 Å². The predicted octanol–water partition coefficient (Wildman–Crippen LogP) is 3.09. The number of benzene rings is 1. The van der Waals surface area contributed by atoms with E-state index >= 15 is 0 Å². The van der Waals surface area contributed by atoms with Gasteiger partial charge in [0.15, 0.2) is 0 Å². The van der Waals surface area contributed by atoms with Gasteiger partial charge >= 0.3 is 0 Å². The van der Waals surface area contributed by atoms with Gasteiger partial charge in [0.05, 0.1) is 16.1 Å². The normalized spacial score (nSPS) is 18.6. The van der Waals surface area contributed by atoms with E-state index in [1.54, 1.807) is 6.07 Å². The number of nitrogens with one attached hydrogen (secondary N) is 1. The molecule has 0 aromatic heterocycles. The van der Waals surface area contributed by atoms with Crippen molar-refractivity contribution in [3.63, 3.8) is 0 Å². The lowest BCUT2D eigenvalue weighted by Gasteiger charge is -2.24. The molecule has 1 unspecified atom stereocenters. The monoisotopic (exact) mass is 300 g/mol. The van der Waals surface area contributed by atoms with Gasteiger partial charge in [0.25, 0.3) is 0 Å². The maximum absolute atomic E-state index is 12.3. The van der Waals surface area contributed by atoms with Crippen LogP contribution in [-0.4, -0.2) is 29.9 Å². The standard InChI is InChI=1S/C14H18Cl2N2O/c1-2-18(14(19)13-4-3-7-17-13)9-10-5-6-11(15)12(16)8-10/h5-6,8,13,17H,2-4,7,9H2,1H3. The van der Waals surface area contributed by atoms with Crippen molar-refractivity contribution < 1.29 is 4.79 Å². The summed E-state index contributed by atoms with van der Waals surface area (Å²) in [6.45, 7) is 4.19. The summed E-state index contributed by atoms with van der Waals surface area (Å²) in [6.07, 6.45) is 2.00. The van der Waals surface area contributed by atoms with Crippen LogP contribution in [0, 0.1) is 0 Å². The number of carbonyl (C=O) groups is 1. The second kappa shape index (κ2) is 6.60. The summed E-state index contributed by atoms with van der Waals surface area (Å²) in [5.41, 5.74) is 1.00. The van der Waals surface area contributed by atoms with Crippen molar-refractivity contribution in [1.82, 2.24) is 10.2 Å². The molecular weight excluding hydrogens is 283 g/mol. The highest BCUT2D eigenvalue weighted by Crippen LogP contribution is 2.23. The SMILES string of the molecule is CCN(Cc1ccc(Cl)c(Cl)c1)C(=O)C1CCCN1. The molecular formula is C14H18Cl2N2O. The molecule has 1 amide bonds. The number of nitrogens with zero attached hydrogens (tertiary/aromatic N) is 1. The summed E-state index contributed by atoms with van der Waals surface area (Å²) >= 11 is 11.9. The minimum atomic E-state index is -0.0253. The van der Waals surface area contributed by atoms with E-state index in [1.807, 2.05) is 24.0 Å². The minimum Gasteiger partial charge on any atom is -0.337 e. The second-order valence-electron chi connectivity index (χ2n) is 4.75. The van der Waals surface area contributed by atoms with Crippen LogP contribution in [0.2, 0.25) is 10.0 Å². The van der Waals surface area contributed by atoms with Crippen molar-refractivity contribution in [3.05, 3.63) is 33.8 Å². The first-order chi connectivity index (χ1) is 9.11. The third kappa shape index (κ3) is 3.62. The van der Waals surface area contributed by atoms with Crippen molar-refractivity contribution in [2.75, 3.05) is 13.1 Å². The Bertz CT molecular complexity index is 459. The fourth-order valence-electron chi connectivity index (χ4n) is 2.32. The van der Waals surface area contributed by atoms with Crippen LogP contribution in [0.3, 0.4) is 0 Å². The molecule has 1 aliphatic rings. The summed E-state index contributed by atoms with van der Waals surface area (Å²) in [7, 11) is 0. The van der Waals surface area contributed by atoms with Gasteiger partial charge in [-0.05, 0) is 44.0 Å². The van der Waals surface area contributed by atoms with Gasteiger partial charge in [0, 0.05) is 13.1 Å². The first kappa shape index (κ1) is 14.6. The van der Waals surface area contributed by atoms with Gasteiger partial charge in [-0.2, -0.15) is 0 Å². The fourth-order valence-corrected chi connectivity index (χ4v) is 2.64. The third-order valence-electron chi connectivity index (χ3n) is 3.41. The van der Waals surface area contributed by atoms with E-state index in [9.17, 15) is 4.79 Å². The van der Waals surface area contributed by atoms with Gasteiger partial charge in [0.1, 0.15) is 0 Å². The molecule has 3 nitrogen and oxygen atoms in total. The number of carbonyl (C=O) groups excluding carboxylic acids is 1. The predicted molar refractivity (Wildman–Crippen MR) is 78.6 cm³/mol. The summed E-state index contributed by atoms with van der Waals surface area (Å²) < 4.78 is 0. The summed E-state index contributed by atoms with van der Waals surface area (Å²) in [6, 6.07) is 5.47. The second-order valence-corrected chi connectivity index (χ2v) is 5.56. The van der Waals surface area contributed by atoms with Gasteiger partial charge in [-0.25, -0.2) is 0 Å². The molecule has 1 atom stereocenters. The first-order valence-electron chi connectivity index (χ1n) is 6.58. The zero-order valence-electron chi connectivity index (χ0n) is 11.0. The molecule has 1 aromatic carbocycles. The van der Waals surface area contributed by atoms with Crippen molar-refractivity contribution in [3.8, 4) is 0 Å². The van der Waals surface area contributed by atoms with Crippen LogP contribution in [0.25, 0.3) is 0 Å². The van der Waals surface area contributed by atoms with E-state index in [0.29, 0.717) is 23.1 Å². The van der Waals surface area contributed by atoms with Crippen LogP contribution in [0.4, 0.5) is 0 Å². The van der Waals surface area contributed by atoms with Crippen LogP contribution in [0.5, 0.6) is 0 Å². The van der Waals surface area contributed by atoms with Gasteiger partial charge in [-0.3, -0.25) is 4.79 Å². The Balaban J connectivity index is 2.05. The Kier molecular flexibility index (Phi) is 5.08. The van der Waals surface area contributed by atoms with Gasteiger partial charge in [-0.15, -0.1) is 0 Å². The fraction of sp³-hybridized carbons (Fsp3) is 0.500. The van der Waals surface area contributed by atoms with Crippen LogP contribution in [-0.2, 0) is 11.3 Å². The van der Waals surface area contributed by atoms with Gasteiger partial charge < -0.3 is 10.2 Å². The largest absolute Gasteiger partial charge is 0.337 e. The Hall–Kier alpha value is -0.770. The van der Waals surface area contributed by atoms with Crippen LogP contribution in [0.1, 0.15) is 25.3 Å². The number of hydrogen-bond donors (Lipinski definition) is 1. The average Bonchev–Trinajstić information content (AvgIpc) is 2.93. The van der Waals surface area contributed by atoms with Crippen molar-refractivity contribution in [2.24, 2.45) is 0 Å². The molecule has 1 saturated heterocycles. The summed E-state index contributed by atoms with van der Waals surface area (Å²) in [4.78, 5) is 14.2. The number of amides is 1. The van der Waals surface area contributed by atoms with E-state index in [2.05, 4.69) is 5.32 Å². The van der Waals surface area contributed by atoms with Crippen molar-refractivity contribution in [2.45, 2.75) is 32.4 Å². The number of halogens is 2. The van der Waals surface area contributed by atoms with E-state index < -0.39 is 0 Å². The molecule has 1 heterocycles. The lowest BCUT2D eigenvalue weighted by molar-refractivity contribution is -0.133. The van der Waals surface area contributed by atoms with Crippen LogP contribution >= 0.6 is 23.2 Å². The van der Waals surface area contributed by atoms with E-state index in [1.165, 1.54) is 0 Å². The highest BCUT2D eigenvalue weighted by molar-refractivity contribution is 6.42. The molecule has 0 bridgehead atoms. The number of hydrogen-bond acceptors (Lipinski definition) is 2. The summed E-state index contributed by atoms with van der Waals surface area (Å²) in [5, 5.41) is 4.31. The third-order valence-corrected chi connectivity index (χ3v) is 4.15. The average molecular weight is 301 g/mol. The Morgan fingerprint density at radius 1 is 1.42 bits per heavy atom. The van der Waals surface area contributed by atoms with Gasteiger partial charge in [0.2, 0.25) is 5.91 Å². The van der Waals surface area contributed by atoms with Crippen LogP contribution in [0.15, 0.2) is 18.2 Å². The number of rotatable bonds is 4. The maximum Gasteiger partial charge on any atom is 0.239 e. The summed E-state index contributed by atoms with van der Waals surface area (Å²) in [5.74, 6) is 0.172. The quantitative estimate of drug-likeness (QED) is 0.927. The van der Waals surface area contributed by atoms with Crippen LogP contribution < -0.4 is 5.32 Å². The maximum atomic E-state index is 12.3. The molecule has 19 heavy (non-hydrogen) atoms. The topological polar surface area (TPSA) is 32.3 Å². The van der Waals surface area contributed by atoms with E-state index in [-0.39, 0.29) is 11.9 Å². The zero-order chi connectivity index (χ0) is 13.8. The molecule has 1 N–H and O–H groups in total. The minimum absolute atomic E-state index is 0.0253. The highest BCUT2D eigenvalue weighted by Gasteiger charge is 2.26. The van der Waals surface area contributed by atoms with E-state index in [0.717, 1.165) is 24.9 Å². The molecule has 1 aliphatic heterocycles. The molecule has 0 spiro atoms. The van der Waals surface area contributed by atoms with Crippen molar-refractivity contribution >= 4 is 29.1 Å². The van der Waals surface area contributed by atoms with Crippen molar-refractivity contribution in [1.29, 1.82) is 0 Å². The molecule has 0 saturated carbocycles. The lowest BCUT2D eigenvalue weighted by atomic mass is 10.1. The molecule has 1 aromatic rings. The van der Waals surface area contributed by atoms with Gasteiger partial charge in [-0.1, -0.05) is 29.3 Å². The highest BCUT2D eigenvalue weighted by atomic mass is 35.5. The molecule has 104 valence electrons. The Morgan fingerprint density at radius 2 is 2.21 bits per heavy atom. The molecule has 0 aliphatic carbocycles. The zero-order valence-corrected chi connectivity index (χ0v) is 12.5.